The maximum absolute atomic E-state index is 13.8. The lowest BCUT2D eigenvalue weighted by atomic mass is 10.1. The fourth-order valence-electron chi connectivity index (χ4n) is 3.58. The number of carbonyl (C=O) groups is 1. The highest BCUT2D eigenvalue weighted by Gasteiger charge is 2.25. The average molecular weight is 521 g/mol. The Morgan fingerprint density at radius 2 is 1.76 bits per heavy atom. The molecule has 1 aromatic heterocycles. The first-order chi connectivity index (χ1) is 16.1. The van der Waals surface area contributed by atoms with Crippen molar-refractivity contribution in [2.75, 3.05) is 11.5 Å². The van der Waals surface area contributed by atoms with E-state index in [1.54, 1.807) is 16.2 Å². The van der Waals surface area contributed by atoms with Crippen molar-refractivity contribution in [3.8, 4) is 17.0 Å². The Labute approximate surface area is 207 Å². The molecule has 0 fully saturated rings. The van der Waals surface area contributed by atoms with Crippen LogP contribution in [0.4, 0.5) is 10.8 Å². The standard InChI is InChI=1S/C27H25BrN2O2S/c1-3-9-24-25(19-10-6-5-7-11-19)29-27(33-24)30(22-14-16-23(17-15-22)32-4-2)26(31)20-12-8-13-21(28)18-20/h5-8,10-18H,3-4,9H2,1-2H3. The zero-order valence-electron chi connectivity index (χ0n) is 18.6. The highest BCUT2D eigenvalue weighted by atomic mass is 79.9. The third kappa shape index (κ3) is 5.34. The van der Waals surface area contributed by atoms with Crippen LogP contribution in [0.2, 0.25) is 0 Å². The third-order valence-corrected chi connectivity index (χ3v) is 6.68. The Balaban J connectivity index is 1.83. The second kappa shape index (κ2) is 10.8. The lowest BCUT2D eigenvalue weighted by molar-refractivity contribution is 0.0999. The van der Waals surface area contributed by atoms with E-state index in [9.17, 15) is 4.79 Å². The monoisotopic (exact) mass is 520 g/mol. The molecule has 3 aromatic carbocycles. The van der Waals surface area contributed by atoms with Crippen LogP contribution in [-0.4, -0.2) is 17.5 Å². The minimum Gasteiger partial charge on any atom is -0.494 e. The minimum atomic E-state index is -0.128. The summed E-state index contributed by atoms with van der Waals surface area (Å²) in [5.74, 6) is 0.642. The number of aryl methyl sites for hydroxylation is 1. The SMILES string of the molecule is CCCc1sc(N(C(=O)c2cccc(Br)c2)c2ccc(OCC)cc2)nc1-c1ccccc1. The van der Waals surface area contributed by atoms with Gasteiger partial charge in [0.2, 0.25) is 0 Å². The van der Waals surface area contributed by atoms with Crippen LogP contribution in [-0.2, 0) is 6.42 Å². The molecule has 4 aromatic rings. The molecule has 0 atom stereocenters. The molecule has 6 heteroatoms. The van der Waals surface area contributed by atoms with Crippen molar-refractivity contribution in [3.63, 3.8) is 0 Å². The molecule has 168 valence electrons. The van der Waals surface area contributed by atoms with E-state index in [1.165, 1.54) is 4.88 Å². The van der Waals surface area contributed by atoms with Gasteiger partial charge in [0.05, 0.1) is 18.0 Å². The second-order valence-corrected chi connectivity index (χ2v) is 9.44. The van der Waals surface area contributed by atoms with Crippen molar-refractivity contribution < 1.29 is 9.53 Å². The number of ether oxygens (including phenoxy) is 1. The molecule has 0 bridgehead atoms. The number of hydrogen-bond donors (Lipinski definition) is 0. The van der Waals surface area contributed by atoms with E-state index in [4.69, 9.17) is 9.72 Å². The average Bonchev–Trinajstić information content (AvgIpc) is 3.24. The number of rotatable bonds is 8. The van der Waals surface area contributed by atoms with E-state index in [0.717, 1.165) is 40.0 Å². The van der Waals surface area contributed by atoms with Crippen LogP contribution in [0.3, 0.4) is 0 Å². The number of amides is 1. The third-order valence-electron chi connectivity index (χ3n) is 5.08. The van der Waals surface area contributed by atoms with Crippen LogP contribution in [0, 0.1) is 0 Å². The van der Waals surface area contributed by atoms with Crippen molar-refractivity contribution in [1.29, 1.82) is 0 Å². The zero-order valence-corrected chi connectivity index (χ0v) is 21.0. The van der Waals surface area contributed by atoms with Crippen molar-refractivity contribution in [3.05, 3.63) is 93.8 Å². The van der Waals surface area contributed by atoms with Gasteiger partial charge in [0, 0.05) is 20.5 Å². The molecule has 0 saturated carbocycles. The molecule has 0 aliphatic heterocycles. The van der Waals surface area contributed by atoms with E-state index >= 15 is 0 Å². The van der Waals surface area contributed by atoms with Crippen LogP contribution in [0.5, 0.6) is 5.75 Å². The number of anilines is 2. The molecule has 0 N–H and O–H groups in total. The molecule has 0 aliphatic rings. The summed E-state index contributed by atoms with van der Waals surface area (Å²) >= 11 is 5.06. The van der Waals surface area contributed by atoms with Crippen LogP contribution in [0.25, 0.3) is 11.3 Å². The molecule has 0 spiro atoms. The summed E-state index contributed by atoms with van der Waals surface area (Å²) in [6, 6.07) is 25.2. The zero-order chi connectivity index (χ0) is 23.2. The summed E-state index contributed by atoms with van der Waals surface area (Å²) in [7, 11) is 0. The van der Waals surface area contributed by atoms with Gasteiger partial charge in [-0.25, -0.2) is 4.98 Å². The number of hydrogen-bond acceptors (Lipinski definition) is 4. The van der Waals surface area contributed by atoms with Crippen LogP contribution in [0.15, 0.2) is 83.3 Å². The Hall–Kier alpha value is -2.96. The van der Waals surface area contributed by atoms with Gasteiger partial charge in [-0.05, 0) is 55.8 Å². The summed E-state index contributed by atoms with van der Waals surface area (Å²) in [6.07, 6.45) is 1.91. The topological polar surface area (TPSA) is 42.4 Å². The Morgan fingerprint density at radius 3 is 2.42 bits per heavy atom. The van der Waals surface area contributed by atoms with E-state index < -0.39 is 0 Å². The molecule has 0 aliphatic carbocycles. The number of thiazole rings is 1. The fraction of sp³-hybridized carbons (Fsp3) is 0.185. The lowest BCUT2D eigenvalue weighted by Gasteiger charge is -2.20. The van der Waals surface area contributed by atoms with Gasteiger partial charge in [-0.2, -0.15) is 0 Å². The smallest absolute Gasteiger partial charge is 0.264 e. The van der Waals surface area contributed by atoms with Crippen LogP contribution >= 0.6 is 27.3 Å². The molecule has 0 saturated heterocycles. The molecule has 0 unspecified atom stereocenters. The molecule has 1 amide bonds. The quantitative estimate of drug-likeness (QED) is 0.237. The van der Waals surface area contributed by atoms with Gasteiger partial charge < -0.3 is 4.74 Å². The predicted octanol–water partition coefficient (Wildman–Crippen LogP) is 7.90. The highest BCUT2D eigenvalue weighted by molar-refractivity contribution is 9.10. The Kier molecular flexibility index (Phi) is 7.57. The molecular weight excluding hydrogens is 496 g/mol. The number of nitrogens with zero attached hydrogens (tertiary/aromatic N) is 2. The fourth-order valence-corrected chi connectivity index (χ4v) is 5.18. The minimum absolute atomic E-state index is 0.128. The van der Waals surface area contributed by atoms with Gasteiger partial charge in [-0.1, -0.05) is 65.7 Å². The van der Waals surface area contributed by atoms with E-state index in [-0.39, 0.29) is 5.91 Å². The van der Waals surface area contributed by atoms with Crippen LogP contribution in [0.1, 0.15) is 35.5 Å². The lowest BCUT2D eigenvalue weighted by Crippen LogP contribution is -2.25. The first kappa shape index (κ1) is 23.2. The van der Waals surface area contributed by atoms with Crippen molar-refractivity contribution in [1.82, 2.24) is 4.98 Å². The second-order valence-electron chi connectivity index (χ2n) is 7.46. The van der Waals surface area contributed by atoms with Gasteiger partial charge in [-0.3, -0.25) is 9.69 Å². The number of aromatic nitrogens is 1. The van der Waals surface area contributed by atoms with E-state index in [0.29, 0.717) is 17.3 Å². The maximum atomic E-state index is 13.8. The first-order valence-corrected chi connectivity index (χ1v) is 12.6. The van der Waals surface area contributed by atoms with Crippen molar-refractivity contribution in [2.24, 2.45) is 0 Å². The van der Waals surface area contributed by atoms with Crippen molar-refractivity contribution >= 4 is 44.0 Å². The summed E-state index contributed by atoms with van der Waals surface area (Å²) in [6.45, 7) is 4.70. The molecule has 0 radical (unpaired) electrons. The summed E-state index contributed by atoms with van der Waals surface area (Å²) < 4.78 is 6.45. The van der Waals surface area contributed by atoms with Gasteiger partial charge >= 0.3 is 0 Å². The number of benzene rings is 3. The van der Waals surface area contributed by atoms with E-state index in [1.807, 2.05) is 73.7 Å². The van der Waals surface area contributed by atoms with Crippen molar-refractivity contribution in [2.45, 2.75) is 26.7 Å². The van der Waals surface area contributed by atoms with Gasteiger partial charge in [0.25, 0.3) is 5.91 Å². The highest BCUT2D eigenvalue weighted by Crippen LogP contribution is 2.38. The normalized spacial score (nSPS) is 10.8. The predicted molar refractivity (Wildman–Crippen MR) is 140 cm³/mol. The van der Waals surface area contributed by atoms with Gasteiger partial charge in [0.15, 0.2) is 5.13 Å². The molecule has 1 heterocycles. The summed E-state index contributed by atoms with van der Waals surface area (Å²) in [5.41, 5.74) is 3.34. The van der Waals surface area contributed by atoms with Crippen LogP contribution < -0.4 is 9.64 Å². The van der Waals surface area contributed by atoms with Gasteiger partial charge in [-0.15, -0.1) is 11.3 Å². The Bertz CT molecular complexity index is 1220. The molecule has 4 nitrogen and oxygen atoms in total. The largest absolute Gasteiger partial charge is 0.494 e. The molecule has 4 rings (SSSR count). The number of halogens is 1. The maximum Gasteiger partial charge on any atom is 0.264 e. The Morgan fingerprint density at radius 1 is 1.00 bits per heavy atom. The van der Waals surface area contributed by atoms with Gasteiger partial charge in [0.1, 0.15) is 5.75 Å². The molecule has 33 heavy (non-hydrogen) atoms. The number of carbonyl (C=O) groups excluding carboxylic acids is 1. The molecular formula is C27H25BrN2O2S. The first-order valence-electron chi connectivity index (χ1n) is 11.0. The summed E-state index contributed by atoms with van der Waals surface area (Å²) in [5, 5.41) is 0.659. The van der Waals surface area contributed by atoms with E-state index in [2.05, 4.69) is 35.0 Å². The summed E-state index contributed by atoms with van der Waals surface area (Å²) in [4.78, 5) is 21.6.